The highest BCUT2D eigenvalue weighted by Gasteiger charge is 2.14. The first-order valence-electron chi connectivity index (χ1n) is 6.17. The Hall–Kier alpha value is -1.94. The van der Waals surface area contributed by atoms with E-state index < -0.39 is 5.97 Å². The molecule has 0 fully saturated rings. The monoisotopic (exact) mass is 293 g/mol. The van der Waals surface area contributed by atoms with Crippen LogP contribution in [0.5, 0.6) is 0 Å². The fourth-order valence-corrected chi connectivity index (χ4v) is 2.10. The summed E-state index contributed by atoms with van der Waals surface area (Å²) in [6.45, 7) is 0. The molecule has 5 heteroatoms. The zero-order valence-corrected chi connectivity index (χ0v) is 11.4. The summed E-state index contributed by atoms with van der Waals surface area (Å²) < 4.78 is 13.9. The van der Waals surface area contributed by atoms with E-state index in [9.17, 15) is 9.18 Å². The Balaban J connectivity index is 2.51. The van der Waals surface area contributed by atoms with Gasteiger partial charge in [-0.25, -0.2) is 14.2 Å². The van der Waals surface area contributed by atoms with Gasteiger partial charge in [0.1, 0.15) is 11.5 Å². The normalized spacial score (nSPS) is 10.5. The topological polar surface area (TPSA) is 50.2 Å². The molecule has 0 saturated carbocycles. The third-order valence-corrected chi connectivity index (χ3v) is 3.17. The Bertz CT molecular complexity index is 631. The van der Waals surface area contributed by atoms with Gasteiger partial charge in [0.25, 0.3) is 0 Å². The molecule has 2 rings (SSSR count). The van der Waals surface area contributed by atoms with Crippen LogP contribution < -0.4 is 0 Å². The lowest BCUT2D eigenvalue weighted by Crippen LogP contribution is -2.05. The van der Waals surface area contributed by atoms with Crippen molar-refractivity contribution in [2.45, 2.75) is 12.8 Å². The van der Waals surface area contributed by atoms with Crippen LogP contribution in [0.25, 0.3) is 11.1 Å². The van der Waals surface area contributed by atoms with E-state index in [0.29, 0.717) is 35.5 Å². The molecule has 0 saturated heterocycles. The molecule has 2 aromatic rings. The Kier molecular flexibility index (Phi) is 4.69. The first-order valence-corrected chi connectivity index (χ1v) is 6.71. The number of hydrogen-bond acceptors (Lipinski definition) is 2. The predicted octanol–water partition coefficient (Wildman–Crippen LogP) is 3.76. The molecule has 0 aliphatic carbocycles. The number of carbonyl (C=O) groups is 1. The maximum Gasteiger partial charge on any atom is 0.354 e. The largest absolute Gasteiger partial charge is 0.477 e. The third-order valence-electron chi connectivity index (χ3n) is 2.90. The van der Waals surface area contributed by atoms with E-state index in [1.165, 1.54) is 12.1 Å². The summed E-state index contributed by atoms with van der Waals surface area (Å²) in [6, 6.07) is 9.33. The van der Waals surface area contributed by atoms with Gasteiger partial charge in [-0.1, -0.05) is 24.3 Å². The first-order chi connectivity index (χ1) is 9.63. The number of nitrogens with zero attached hydrogens (tertiary/aromatic N) is 1. The lowest BCUT2D eigenvalue weighted by Gasteiger charge is -2.10. The number of aryl methyl sites for hydroxylation is 1. The molecule has 0 amide bonds. The third kappa shape index (κ3) is 3.14. The minimum atomic E-state index is -1.10. The van der Waals surface area contributed by atoms with Gasteiger partial charge >= 0.3 is 5.97 Å². The summed E-state index contributed by atoms with van der Waals surface area (Å²) in [4.78, 5) is 15.1. The average Bonchev–Trinajstić information content (AvgIpc) is 2.45. The van der Waals surface area contributed by atoms with Gasteiger partial charge in [-0.05, 0) is 25.0 Å². The van der Waals surface area contributed by atoms with Crippen molar-refractivity contribution < 1.29 is 14.3 Å². The van der Waals surface area contributed by atoms with Crippen LogP contribution in [-0.2, 0) is 6.42 Å². The second-order valence-electron chi connectivity index (χ2n) is 4.27. The fraction of sp³-hybridized carbons (Fsp3) is 0.200. The Morgan fingerprint density at radius 1 is 1.20 bits per heavy atom. The molecule has 0 aliphatic rings. The smallest absolute Gasteiger partial charge is 0.354 e. The van der Waals surface area contributed by atoms with E-state index in [1.54, 1.807) is 24.3 Å². The van der Waals surface area contributed by atoms with Crippen LogP contribution in [0.4, 0.5) is 4.39 Å². The lowest BCUT2D eigenvalue weighted by molar-refractivity contribution is 0.0690. The molecule has 1 N–H and O–H groups in total. The van der Waals surface area contributed by atoms with Crippen LogP contribution in [0.15, 0.2) is 36.4 Å². The number of alkyl halides is 1. The molecule has 0 aliphatic heterocycles. The number of pyridine rings is 1. The summed E-state index contributed by atoms with van der Waals surface area (Å²) >= 11 is 5.67. The van der Waals surface area contributed by atoms with Gasteiger partial charge in [0.15, 0.2) is 0 Å². The van der Waals surface area contributed by atoms with Crippen LogP contribution in [0.1, 0.15) is 22.6 Å². The van der Waals surface area contributed by atoms with Crippen molar-refractivity contribution in [2.24, 2.45) is 0 Å². The van der Waals surface area contributed by atoms with Crippen molar-refractivity contribution in [2.75, 3.05) is 5.88 Å². The molecule has 0 unspecified atom stereocenters. The van der Waals surface area contributed by atoms with Gasteiger partial charge < -0.3 is 5.11 Å². The van der Waals surface area contributed by atoms with Crippen molar-refractivity contribution >= 4 is 17.6 Å². The number of hydrogen-bond donors (Lipinski definition) is 1. The number of carboxylic acid groups (broad SMARTS) is 1. The quantitative estimate of drug-likeness (QED) is 0.854. The number of aromatic carboxylic acids is 1. The zero-order chi connectivity index (χ0) is 14.5. The summed E-state index contributed by atoms with van der Waals surface area (Å²) in [5.41, 5.74) is 1.53. The molecule has 0 spiro atoms. The Morgan fingerprint density at radius 2 is 1.95 bits per heavy atom. The first kappa shape index (κ1) is 14.5. The van der Waals surface area contributed by atoms with Crippen LogP contribution in [0.2, 0.25) is 0 Å². The molecule has 0 bridgehead atoms. The average molecular weight is 294 g/mol. The Labute approximate surface area is 121 Å². The second-order valence-corrected chi connectivity index (χ2v) is 4.65. The molecule has 3 nitrogen and oxygen atoms in total. The minimum Gasteiger partial charge on any atom is -0.477 e. The van der Waals surface area contributed by atoms with Crippen LogP contribution in [0, 0.1) is 5.82 Å². The highest BCUT2D eigenvalue weighted by molar-refractivity contribution is 6.17. The standard InChI is InChI=1S/C15H13ClFNO2/c16-9-3-6-13-11(7-8-14(18-13)15(19)20)10-4-1-2-5-12(10)17/h1-2,4-5,7-8H,3,6,9H2,(H,19,20). The van der Waals surface area contributed by atoms with Gasteiger partial charge in [-0.2, -0.15) is 0 Å². The molecule has 20 heavy (non-hydrogen) atoms. The molecule has 1 heterocycles. The minimum absolute atomic E-state index is 0.0466. The van der Waals surface area contributed by atoms with Crippen molar-refractivity contribution in [3.8, 4) is 11.1 Å². The number of carboxylic acids is 1. The van der Waals surface area contributed by atoms with Crippen molar-refractivity contribution in [1.29, 1.82) is 0 Å². The fourth-order valence-electron chi connectivity index (χ4n) is 1.97. The van der Waals surface area contributed by atoms with Gasteiger partial charge in [0, 0.05) is 22.7 Å². The van der Waals surface area contributed by atoms with Crippen molar-refractivity contribution in [3.05, 3.63) is 53.6 Å². The number of benzene rings is 1. The second kappa shape index (κ2) is 6.48. The molecule has 1 aromatic heterocycles. The van der Waals surface area contributed by atoms with E-state index in [2.05, 4.69) is 4.98 Å². The number of halogens is 2. The number of rotatable bonds is 5. The lowest BCUT2D eigenvalue weighted by atomic mass is 10.0. The highest BCUT2D eigenvalue weighted by atomic mass is 35.5. The molecule has 0 radical (unpaired) electrons. The number of aromatic nitrogens is 1. The molecule has 0 atom stereocenters. The predicted molar refractivity (Wildman–Crippen MR) is 75.6 cm³/mol. The maximum atomic E-state index is 13.9. The van der Waals surface area contributed by atoms with Gasteiger partial charge in [-0.15, -0.1) is 11.6 Å². The van der Waals surface area contributed by atoms with E-state index in [-0.39, 0.29) is 11.5 Å². The van der Waals surface area contributed by atoms with Crippen molar-refractivity contribution in [1.82, 2.24) is 4.98 Å². The summed E-state index contributed by atoms with van der Waals surface area (Å²) in [5, 5.41) is 8.99. The van der Waals surface area contributed by atoms with Crippen LogP contribution >= 0.6 is 11.6 Å². The zero-order valence-electron chi connectivity index (χ0n) is 10.6. The summed E-state index contributed by atoms with van der Waals surface area (Å²) in [7, 11) is 0. The SMILES string of the molecule is O=C(O)c1ccc(-c2ccccc2F)c(CCCCl)n1. The van der Waals surface area contributed by atoms with Gasteiger partial charge in [-0.3, -0.25) is 0 Å². The van der Waals surface area contributed by atoms with Crippen LogP contribution in [0.3, 0.4) is 0 Å². The summed E-state index contributed by atoms with van der Waals surface area (Å²) in [6.07, 6.45) is 1.16. The maximum absolute atomic E-state index is 13.9. The molecular weight excluding hydrogens is 281 g/mol. The van der Waals surface area contributed by atoms with Crippen molar-refractivity contribution in [3.63, 3.8) is 0 Å². The van der Waals surface area contributed by atoms with E-state index in [1.807, 2.05) is 0 Å². The molecule has 104 valence electrons. The van der Waals surface area contributed by atoms with E-state index in [0.717, 1.165) is 0 Å². The Morgan fingerprint density at radius 3 is 2.60 bits per heavy atom. The van der Waals surface area contributed by atoms with Gasteiger partial charge in [0.05, 0.1) is 0 Å². The van der Waals surface area contributed by atoms with Crippen LogP contribution in [-0.4, -0.2) is 21.9 Å². The van der Waals surface area contributed by atoms with E-state index in [4.69, 9.17) is 16.7 Å². The highest BCUT2D eigenvalue weighted by Crippen LogP contribution is 2.26. The molecule has 1 aromatic carbocycles. The molecular formula is C15H13ClFNO2. The van der Waals surface area contributed by atoms with Gasteiger partial charge in [0.2, 0.25) is 0 Å². The summed E-state index contributed by atoms with van der Waals surface area (Å²) in [5.74, 6) is -1.02. The van der Waals surface area contributed by atoms with E-state index >= 15 is 0 Å².